The number of nitrogens with zero attached hydrogens (tertiary/aromatic N) is 1. The summed E-state index contributed by atoms with van der Waals surface area (Å²) in [5.41, 5.74) is 1.47. The lowest BCUT2D eigenvalue weighted by Crippen LogP contribution is -2.26. The van der Waals surface area contributed by atoms with Gasteiger partial charge in [0, 0.05) is 19.7 Å². The van der Waals surface area contributed by atoms with E-state index in [9.17, 15) is 14.9 Å². The van der Waals surface area contributed by atoms with Crippen molar-refractivity contribution in [3.8, 4) is 5.75 Å². The minimum absolute atomic E-state index is 0.00926. The van der Waals surface area contributed by atoms with Gasteiger partial charge in [0.25, 0.3) is 5.69 Å². The highest BCUT2D eigenvalue weighted by Crippen LogP contribution is 2.23. The average molecular weight is 360 g/mol. The Morgan fingerprint density at radius 2 is 1.92 bits per heavy atom. The first-order valence-corrected chi connectivity index (χ1v) is 7.93. The summed E-state index contributed by atoms with van der Waals surface area (Å²) in [6.45, 7) is 0.446. The molecule has 0 bridgehead atoms. The maximum absolute atomic E-state index is 11.7. The number of nitro groups is 1. The standard InChI is InChI=1S/C18H20N2O6/c1-24-13-26-17-10-15(9-16(11-17)20(22)23)7-8-19-18(21)25-12-14-5-3-2-4-6-14/h2-6,9-11H,7-8,12-13H2,1H3,(H,19,21). The Kier molecular flexibility index (Phi) is 7.38. The second-order valence-corrected chi connectivity index (χ2v) is 5.38. The number of ether oxygens (including phenoxy) is 3. The highest BCUT2D eigenvalue weighted by Gasteiger charge is 2.11. The maximum atomic E-state index is 11.7. The second kappa shape index (κ2) is 10.00. The Balaban J connectivity index is 1.84. The molecule has 0 aromatic heterocycles. The van der Waals surface area contributed by atoms with Gasteiger partial charge in [-0.25, -0.2) is 4.79 Å². The van der Waals surface area contributed by atoms with E-state index in [0.29, 0.717) is 17.7 Å². The summed E-state index contributed by atoms with van der Waals surface area (Å²) in [6, 6.07) is 13.8. The molecule has 0 aliphatic rings. The fourth-order valence-electron chi connectivity index (χ4n) is 2.19. The van der Waals surface area contributed by atoms with Crippen LogP contribution in [0.25, 0.3) is 0 Å². The number of benzene rings is 2. The molecule has 0 heterocycles. The number of non-ortho nitro benzene ring substituents is 1. The van der Waals surface area contributed by atoms with Gasteiger partial charge in [-0.15, -0.1) is 0 Å². The number of carbonyl (C=O) groups excluding carboxylic acids is 1. The van der Waals surface area contributed by atoms with Crippen LogP contribution in [0, 0.1) is 10.1 Å². The molecule has 2 aromatic rings. The Morgan fingerprint density at radius 1 is 1.15 bits per heavy atom. The van der Waals surface area contributed by atoms with Crippen LogP contribution in [-0.4, -0.2) is 31.5 Å². The molecule has 1 N–H and O–H groups in total. The van der Waals surface area contributed by atoms with Crippen molar-refractivity contribution in [2.75, 3.05) is 20.4 Å². The molecule has 0 saturated heterocycles. The molecule has 0 saturated carbocycles. The molecule has 0 unspecified atom stereocenters. The number of amides is 1. The molecule has 2 aromatic carbocycles. The van der Waals surface area contributed by atoms with Crippen molar-refractivity contribution in [3.05, 3.63) is 69.8 Å². The lowest BCUT2D eigenvalue weighted by Gasteiger charge is -2.09. The van der Waals surface area contributed by atoms with Gasteiger partial charge in [-0.05, 0) is 23.6 Å². The third-order valence-corrected chi connectivity index (χ3v) is 3.40. The van der Waals surface area contributed by atoms with Gasteiger partial charge in [0.2, 0.25) is 0 Å². The molecular weight excluding hydrogens is 340 g/mol. The van der Waals surface area contributed by atoms with Gasteiger partial charge in [-0.1, -0.05) is 30.3 Å². The lowest BCUT2D eigenvalue weighted by atomic mass is 10.1. The van der Waals surface area contributed by atoms with Crippen LogP contribution >= 0.6 is 0 Å². The van der Waals surface area contributed by atoms with E-state index in [2.05, 4.69) is 5.32 Å². The van der Waals surface area contributed by atoms with Gasteiger partial charge < -0.3 is 19.5 Å². The molecule has 138 valence electrons. The summed E-state index contributed by atoms with van der Waals surface area (Å²) in [4.78, 5) is 22.2. The van der Waals surface area contributed by atoms with Crippen molar-refractivity contribution in [2.24, 2.45) is 0 Å². The third-order valence-electron chi connectivity index (χ3n) is 3.40. The van der Waals surface area contributed by atoms with E-state index in [1.165, 1.54) is 19.2 Å². The molecular formula is C18H20N2O6. The zero-order valence-electron chi connectivity index (χ0n) is 14.3. The number of alkyl carbamates (subject to hydrolysis) is 1. The van der Waals surface area contributed by atoms with Crippen LogP contribution in [0.15, 0.2) is 48.5 Å². The highest BCUT2D eigenvalue weighted by molar-refractivity contribution is 5.67. The van der Waals surface area contributed by atoms with Gasteiger partial charge in [0.05, 0.1) is 11.0 Å². The first-order valence-electron chi connectivity index (χ1n) is 7.93. The van der Waals surface area contributed by atoms with Crippen LogP contribution < -0.4 is 10.1 Å². The number of carbonyl (C=O) groups is 1. The van der Waals surface area contributed by atoms with Crippen molar-refractivity contribution in [1.29, 1.82) is 0 Å². The zero-order valence-corrected chi connectivity index (χ0v) is 14.3. The number of nitro benzene ring substituents is 1. The van der Waals surface area contributed by atoms with Gasteiger partial charge in [-0.3, -0.25) is 10.1 Å². The molecule has 0 fully saturated rings. The van der Waals surface area contributed by atoms with Crippen LogP contribution in [0.4, 0.5) is 10.5 Å². The van der Waals surface area contributed by atoms with E-state index in [4.69, 9.17) is 14.2 Å². The van der Waals surface area contributed by atoms with E-state index in [1.54, 1.807) is 6.07 Å². The zero-order chi connectivity index (χ0) is 18.8. The van der Waals surface area contributed by atoms with E-state index < -0.39 is 11.0 Å². The first-order chi connectivity index (χ1) is 12.6. The molecule has 26 heavy (non-hydrogen) atoms. The van der Waals surface area contributed by atoms with E-state index in [0.717, 1.165) is 5.56 Å². The predicted octanol–water partition coefficient (Wildman–Crippen LogP) is 3.05. The molecule has 8 heteroatoms. The van der Waals surface area contributed by atoms with Crippen LogP contribution in [0.1, 0.15) is 11.1 Å². The molecule has 0 radical (unpaired) electrons. The molecule has 0 atom stereocenters. The van der Waals surface area contributed by atoms with Crippen LogP contribution in [0.3, 0.4) is 0 Å². The monoisotopic (exact) mass is 360 g/mol. The van der Waals surface area contributed by atoms with Crippen molar-refractivity contribution in [1.82, 2.24) is 5.32 Å². The van der Waals surface area contributed by atoms with Gasteiger partial charge in [0.1, 0.15) is 12.4 Å². The van der Waals surface area contributed by atoms with Crippen LogP contribution in [0.2, 0.25) is 0 Å². The lowest BCUT2D eigenvalue weighted by molar-refractivity contribution is -0.385. The SMILES string of the molecule is COCOc1cc(CCNC(=O)OCc2ccccc2)cc([N+](=O)[O-])c1. The van der Waals surface area contributed by atoms with E-state index >= 15 is 0 Å². The van der Waals surface area contributed by atoms with Gasteiger partial charge >= 0.3 is 6.09 Å². The predicted molar refractivity (Wildman–Crippen MR) is 93.9 cm³/mol. The Morgan fingerprint density at radius 3 is 2.62 bits per heavy atom. The molecule has 1 amide bonds. The molecule has 8 nitrogen and oxygen atoms in total. The average Bonchev–Trinajstić information content (AvgIpc) is 2.65. The quantitative estimate of drug-likeness (QED) is 0.419. The number of nitrogens with one attached hydrogen (secondary N) is 1. The minimum atomic E-state index is -0.546. The van der Waals surface area contributed by atoms with Gasteiger partial charge in [-0.2, -0.15) is 0 Å². The summed E-state index contributed by atoms with van der Waals surface area (Å²) >= 11 is 0. The number of hydrogen-bond acceptors (Lipinski definition) is 6. The van der Waals surface area contributed by atoms with Crippen LogP contribution in [-0.2, 0) is 22.5 Å². The van der Waals surface area contributed by atoms with Crippen molar-refractivity contribution >= 4 is 11.8 Å². The summed E-state index contributed by atoms with van der Waals surface area (Å²) < 4.78 is 15.2. The van der Waals surface area contributed by atoms with Gasteiger partial charge in [0.15, 0.2) is 6.79 Å². The number of hydrogen-bond donors (Lipinski definition) is 1. The molecule has 0 aliphatic carbocycles. The van der Waals surface area contributed by atoms with Crippen molar-refractivity contribution < 1.29 is 23.9 Å². The highest BCUT2D eigenvalue weighted by atomic mass is 16.7. The second-order valence-electron chi connectivity index (χ2n) is 5.38. The largest absolute Gasteiger partial charge is 0.467 e. The third kappa shape index (κ3) is 6.40. The smallest absolute Gasteiger partial charge is 0.407 e. The van der Waals surface area contributed by atoms with Crippen LogP contribution in [0.5, 0.6) is 5.75 Å². The fourth-order valence-corrected chi connectivity index (χ4v) is 2.19. The molecule has 2 rings (SSSR count). The summed E-state index contributed by atoms with van der Waals surface area (Å²) in [5.74, 6) is 0.336. The minimum Gasteiger partial charge on any atom is -0.467 e. The Hall–Kier alpha value is -3.13. The maximum Gasteiger partial charge on any atom is 0.407 e. The van der Waals surface area contributed by atoms with Crippen molar-refractivity contribution in [2.45, 2.75) is 13.0 Å². The summed E-state index contributed by atoms with van der Waals surface area (Å²) in [5, 5.41) is 13.6. The normalized spacial score (nSPS) is 10.2. The number of rotatable bonds is 9. The van der Waals surface area contributed by atoms with Crippen molar-refractivity contribution in [3.63, 3.8) is 0 Å². The molecule has 0 aliphatic heterocycles. The Bertz CT molecular complexity index is 736. The topological polar surface area (TPSA) is 99.9 Å². The Labute approximate surface area is 150 Å². The number of methoxy groups -OCH3 is 1. The fraction of sp³-hybridized carbons (Fsp3) is 0.278. The summed E-state index contributed by atoms with van der Waals surface area (Å²) in [6.07, 6.45) is -0.152. The summed E-state index contributed by atoms with van der Waals surface area (Å²) in [7, 11) is 1.46. The van der Waals surface area contributed by atoms with E-state index in [-0.39, 0.29) is 25.6 Å². The molecule has 0 spiro atoms. The van der Waals surface area contributed by atoms with E-state index in [1.807, 2.05) is 30.3 Å². The first kappa shape index (κ1) is 19.2.